The Labute approximate surface area is 126 Å². The molecule has 114 valence electrons. The zero-order valence-corrected chi connectivity index (χ0v) is 13.3. The molecule has 0 aliphatic carbocycles. The second-order valence-electron chi connectivity index (χ2n) is 5.27. The van der Waals surface area contributed by atoms with Crippen molar-refractivity contribution in [3.63, 3.8) is 0 Å². The van der Waals surface area contributed by atoms with E-state index in [-0.39, 0.29) is 5.78 Å². The molecule has 2 rings (SSSR count). The maximum absolute atomic E-state index is 12.2. The number of nitrogens with zero attached hydrogens (tertiary/aromatic N) is 3. The molecule has 4 heteroatoms. The number of aryl methyl sites for hydroxylation is 1. The first kappa shape index (κ1) is 15.7. The number of para-hydroxylation sites is 1. The number of hydrogen-bond acceptors (Lipinski definition) is 3. The molecule has 0 spiro atoms. The van der Waals surface area contributed by atoms with Crippen LogP contribution in [0.1, 0.15) is 32.9 Å². The number of hydrogen-bond donors (Lipinski definition) is 0. The number of fused-ring (bicyclic) bond motifs is 1. The summed E-state index contributed by atoms with van der Waals surface area (Å²) < 4.78 is 1.97. The van der Waals surface area contributed by atoms with Crippen LogP contribution in [0.15, 0.2) is 24.3 Å². The van der Waals surface area contributed by atoms with Gasteiger partial charge < -0.3 is 4.90 Å². The molecule has 0 amide bonds. The predicted molar refractivity (Wildman–Crippen MR) is 86.5 cm³/mol. The number of ketones is 1. The highest BCUT2D eigenvalue weighted by atomic mass is 16.1. The van der Waals surface area contributed by atoms with Crippen molar-refractivity contribution in [3.05, 3.63) is 30.0 Å². The zero-order valence-electron chi connectivity index (χ0n) is 13.3. The molecule has 0 radical (unpaired) electrons. The highest BCUT2D eigenvalue weighted by Crippen LogP contribution is 2.19. The van der Waals surface area contributed by atoms with Crippen molar-refractivity contribution in [2.24, 2.45) is 0 Å². The summed E-state index contributed by atoms with van der Waals surface area (Å²) in [6, 6.07) is 8.15. The monoisotopic (exact) mass is 287 g/mol. The Bertz CT molecular complexity index is 599. The van der Waals surface area contributed by atoms with Crippen molar-refractivity contribution < 1.29 is 4.79 Å². The van der Waals surface area contributed by atoms with Crippen LogP contribution in [0.3, 0.4) is 0 Å². The van der Waals surface area contributed by atoms with Gasteiger partial charge >= 0.3 is 0 Å². The van der Waals surface area contributed by atoms with Crippen molar-refractivity contribution >= 4 is 16.7 Å². The fourth-order valence-corrected chi connectivity index (χ4v) is 2.67. The number of aromatic nitrogens is 2. The zero-order chi connectivity index (χ0) is 15.2. The van der Waals surface area contributed by atoms with E-state index in [1.807, 2.05) is 16.8 Å². The Morgan fingerprint density at radius 1 is 1.19 bits per heavy atom. The quantitative estimate of drug-likeness (QED) is 0.749. The molecule has 1 heterocycles. The van der Waals surface area contributed by atoms with Crippen LogP contribution < -0.4 is 0 Å². The highest BCUT2D eigenvalue weighted by Gasteiger charge is 2.13. The minimum absolute atomic E-state index is 0.272. The van der Waals surface area contributed by atoms with Gasteiger partial charge in [0, 0.05) is 24.9 Å². The van der Waals surface area contributed by atoms with Gasteiger partial charge in [0.1, 0.15) is 5.78 Å². The first-order valence-corrected chi connectivity index (χ1v) is 7.88. The summed E-state index contributed by atoms with van der Waals surface area (Å²) in [6.45, 7) is 10.0. The second-order valence-corrected chi connectivity index (χ2v) is 5.27. The van der Waals surface area contributed by atoms with Gasteiger partial charge in [0.05, 0.1) is 17.6 Å². The summed E-state index contributed by atoms with van der Waals surface area (Å²) in [7, 11) is 0. The van der Waals surface area contributed by atoms with Crippen molar-refractivity contribution in [1.82, 2.24) is 14.7 Å². The fraction of sp³-hybridized carbons (Fsp3) is 0.529. The summed E-state index contributed by atoms with van der Waals surface area (Å²) in [4.78, 5) is 14.5. The number of benzene rings is 1. The summed E-state index contributed by atoms with van der Waals surface area (Å²) in [6.07, 6.45) is 1.05. The molecule has 4 nitrogen and oxygen atoms in total. The number of Topliss-reactive ketones (excluding diaryl/α,β-unsaturated/α-hetero) is 1. The topological polar surface area (TPSA) is 38.1 Å². The summed E-state index contributed by atoms with van der Waals surface area (Å²) in [5.41, 5.74) is 2.03. The lowest BCUT2D eigenvalue weighted by Gasteiger charge is -2.16. The fourth-order valence-electron chi connectivity index (χ4n) is 2.67. The molecular weight excluding hydrogens is 262 g/mol. The van der Waals surface area contributed by atoms with Gasteiger partial charge in [-0.2, -0.15) is 5.10 Å². The molecule has 0 atom stereocenters. The maximum atomic E-state index is 12.2. The Balaban J connectivity index is 2.07. The highest BCUT2D eigenvalue weighted by molar-refractivity contribution is 5.88. The molecule has 0 fully saturated rings. The van der Waals surface area contributed by atoms with Crippen molar-refractivity contribution in [2.45, 2.75) is 40.2 Å². The van der Waals surface area contributed by atoms with E-state index in [0.29, 0.717) is 12.8 Å². The smallest absolute Gasteiger partial charge is 0.140 e. The van der Waals surface area contributed by atoms with Crippen LogP contribution in [0.4, 0.5) is 0 Å². The maximum Gasteiger partial charge on any atom is 0.140 e. The first-order valence-electron chi connectivity index (χ1n) is 7.88. The predicted octanol–water partition coefficient (Wildman–Crippen LogP) is 2.90. The van der Waals surface area contributed by atoms with Crippen molar-refractivity contribution in [3.8, 4) is 0 Å². The second kappa shape index (κ2) is 7.36. The summed E-state index contributed by atoms with van der Waals surface area (Å²) >= 11 is 0. The van der Waals surface area contributed by atoms with Crippen LogP contribution in [0.5, 0.6) is 0 Å². The van der Waals surface area contributed by atoms with Crippen LogP contribution in [-0.4, -0.2) is 40.1 Å². The van der Waals surface area contributed by atoms with E-state index in [0.717, 1.165) is 42.8 Å². The molecule has 1 aromatic heterocycles. The van der Waals surface area contributed by atoms with E-state index < -0.39 is 0 Å². The van der Waals surface area contributed by atoms with Gasteiger partial charge in [-0.1, -0.05) is 32.0 Å². The molecule has 0 saturated carbocycles. The molecular formula is C17H25N3O. The molecule has 0 aliphatic heterocycles. The minimum atomic E-state index is 0.272. The van der Waals surface area contributed by atoms with E-state index in [4.69, 9.17) is 0 Å². The van der Waals surface area contributed by atoms with E-state index in [9.17, 15) is 4.79 Å². The van der Waals surface area contributed by atoms with Crippen LogP contribution in [-0.2, 0) is 17.8 Å². The normalized spacial score (nSPS) is 11.4. The van der Waals surface area contributed by atoms with E-state index in [2.05, 4.69) is 42.9 Å². The largest absolute Gasteiger partial charge is 0.303 e. The lowest BCUT2D eigenvalue weighted by molar-refractivity contribution is -0.118. The van der Waals surface area contributed by atoms with Gasteiger partial charge in [0.2, 0.25) is 0 Å². The van der Waals surface area contributed by atoms with Crippen LogP contribution in [0.25, 0.3) is 10.9 Å². The molecule has 0 aliphatic rings. The lowest BCUT2D eigenvalue weighted by Crippen LogP contribution is -2.26. The van der Waals surface area contributed by atoms with Gasteiger partial charge in [-0.05, 0) is 26.1 Å². The van der Waals surface area contributed by atoms with E-state index >= 15 is 0 Å². The number of rotatable bonds is 8. The summed E-state index contributed by atoms with van der Waals surface area (Å²) in [5.74, 6) is 0.272. The number of carbonyl (C=O) groups is 1. The Morgan fingerprint density at radius 2 is 1.90 bits per heavy atom. The molecule has 0 unspecified atom stereocenters. The molecule has 0 N–H and O–H groups in total. The molecule has 21 heavy (non-hydrogen) atoms. The lowest BCUT2D eigenvalue weighted by atomic mass is 10.1. The molecule has 2 aromatic rings. The van der Waals surface area contributed by atoms with Crippen LogP contribution in [0.2, 0.25) is 0 Å². The van der Waals surface area contributed by atoms with Crippen LogP contribution >= 0.6 is 0 Å². The Morgan fingerprint density at radius 3 is 2.57 bits per heavy atom. The molecule has 0 bridgehead atoms. The minimum Gasteiger partial charge on any atom is -0.303 e. The van der Waals surface area contributed by atoms with Gasteiger partial charge in [0.25, 0.3) is 0 Å². The molecule has 1 aromatic carbocycles. The third kappa shape index (κ3) is 3.70. The Kier molecular flexibility index (Phi) is 5.51. The van der Waals surface area contributed by atoms with E-state index in [1.165, 1.54) is 0 Å². The van der Waals surface area contributed by atoms with Crippen LogP contribution in [0, 0.1) is 0 Å². The van der Waals surface area contributed by atoms with Crippen molar-refractivity contribution in [1.29, 1.82) is 0 Å². The standard InChI is InChI=1S/C17H25N3O/c1-4-19(5-2)12-11-14(21)13-16-15-9-7-8-10-17(15)20(6-3)18-16/h7-10H,4-6,11-13H2,1-3H3. The van der Waals surface area contributed by atoms with Gasteiger partial charge in [-0.25, -0.2) is 0 Å². The molecule has 0 saturated heterocycles. The van der Waals surface area contributed by atoms with Gasteiger partial charge in [-0.3, -0.25) is 9.48 Å². The third-order valence-electron chi connectivity index (χ3n) is 4.00. The van der Waals surface area contributed by atoms with E-state index in [1.54, 1.807) is 0 Å². The average molecular weight is 287 g/mol. The van der Waals surface area contributed by atoms with Gasteiger partial charge in [0.15, 0.2) is 0 Å². The first-order chi connectivity index (χ1) is 10.2. The van der Waals surface area contributed by atoms with Gasteiger partial charge in [-0.15, -0.1) is 0 Å². The average Bonchev–Trinajstić information content (AvgIpc) is 2.86. The summed E-state index contributed by atoms with van der Waals surface area (Å²) in [5, 5.41) is 5.70. The third-order valence-corrected chi connectivity index (χ3v) is 4.00. The Hall–Kier alpha value is -1.68. The SMILES string of the molecule is CCN(CC)CCC(=O)Cc1nn(CC)c2ccccc12. The van der Waals surface area contributed by atoms with Crippen molar-refractivity contribution in [2.75, 3.05) is 19.6 Å². The number of carbonyl (C=O) groups excluding carboxylic acids is 1.